The largest absolute Gasteiger partial charge is 0.494 e. The van der Waals surface area contributed by atoms with Crippen molar-refractivity contribution in [3.05, 3.63) is 82.4 Å². The molecule has 12 heteroatoms. The first-order valence-electron chi connectivity index (χ1n) is 18.4. The van der Waals surface area contributed by atoms with E-state index in [1.165, 1.54) is 31.0 Å². The van der Waals surface area contributed by atoms with Crippen LogP contribution in [0.2, 0.25) is 51.9 Å². The average Bonchev–Trinajstić information content (AvgIpc) is 3.03. The van der Waals surface area contributed by atoms with Gasteiger partial charge in [0.05, 0.1) is 29.3 Å². The molecule has 3 rings (SSSR count). The van der Waals surface area contributed by atoms with E-state index < -0.39 is 36.1 Å². The number of ether oxygens (including phenoxy) is 3. The molecule has 1 unspecified atom stereocenters. The lowest BCUT2D eigenvalue weighted by Gasteiger charge is -2.37. The Labute approximate surface area is 308 Å². The van der Waals surface area contributed by atoms with E-state index in [0.717, 1.165) is 61.4 Å². The molecule has 0 spiro atoms. The minimum Gasteiger partial charge on any atom is -0.494 e. The minimum absolute atomic E-state index is 0.0850. The molecule has 3 aromatic rings. The van der Waals surface area contributed by atoms with Gasteiger partial charge in [-0.1, -0.05) is 63.3 Å². The SMILES string of the molecule is CCCCCC(C)Oc1ccc(OC(=O)c2ccc(-c3ccc(OCCCCCC[Si](C)(C)O[Si](C)(C)O[Si](C)(C)C)cc3)cc2)cc1[N+](=O)[O-]. The first-order valence-corrected chi connectivity index (χ1v) is 27.7. The molecule has 9 nitrogen and oxygen atoms in total. The van der Waals surface area contributed by atoms with Crippen LogP contribution in [0.25, 0.3) is 11.1 Å². The maximum Gasteiger partial charge on any atom is 0.343 e. The molecule has 0 radical (unpaired) electrons. The molecular formula is C39H59NO8Si3. The molecule has 0 aromatic heterocycles. The van der Waals surface area contributed by atoms with E-state index >= 15 is 0 Å². The highest BCUT2D eigenvalue weighted by Crippen LogP contribution is 2.33. The molecule has 0 bridgehead atoms. The Balaban J connectivity index is 1.43. The standard InChI is InChI=1S/C39H59NO8Si3/c1-10-11-14-17-31(2)45-38-27-26-36(30-37(38)40(42)43)46-39(41)34-20-18-32(19-21-34)33-22-24-35(25-23-33)44-28-15-12-13-16-29-50(6,7)48-51(8,9)47-49(3,4)5/h18-27,30-31H,10-17,28-29H2,1-9H3. The Bertz CT molecular complexity index is 1540. The van der Waals surface area contributed by atoms with Crippen LogP contribution in [0, 0.1) is 10.1 Å². The van der Waals surface area contributed by atoms with Gasteiger partial charge in [0, 0.05) is 0 Å². The van der Waals surface area contributed by atoms with Crippen LogP contribution in [0.4, 0.5) is 5.69 Å². The fraction of sp³-hybridized carbons (Fsp3) is 0.513. The van der Waals surface area contributed by atoms with Crippen molar-refractivity contribution in [1.29, 1.82) is 0 Å². The molecule has 0 saturated carbocycles. The number of hydrogen-bond donors (Lipinski definition) is 0. The van der Waals surface area contributed by atoms with Crippen molar-refractivity contribution in [2.45, 2.75) is 123 Å². The van der Waals surface area contributed by atoms with Gasteiger partial charge in [0.2, 0.25) is 0 Å². The zero-order valence-electron chi connectivity index (χ0n) is 32.2. The van der Waals surface area contributed by atoms with E-state index in [-0.39, 0.29) is 23.3 Å². The van der Waals surface area contributed by atoms with E-state index in [9.17, 15) is 14.9 Å². The molecule has 1 atom stereocenters. The number of nitro benzene ring substituents is 1. The van der Waals surface area contributed by atoms with Gasteiger partial charge >= 0.3 is 20.2 Å². The zero-order valence-corrected chi connectivity index (χ0v) is 35.2. The van der Waals surface area contributed by atoms with Crippen molar-refractivity contribution in [2.75, 3.05) is 6.61 Å². The van der Waals surface area contributed by atoms with Gasteiger partial charge in [-0.2, -0.15) is 0 Å². The maximum absolute atomic E-state index is 12.9. The second kappa shape index (κ2) is 19.5. The van der Waals surface area contributed by atoms with Gasteiger partial charge in [0.1, 0.15) is 11.5 Å². The third kappa shape index (κ3) is 15.5. The van der Waals surface area contributed by atoms with E-state index in [1.807, 2.05) is 43.3 Å². The molecule has 280 valence electrons. The van der Waals surface area contributed by atoms with Crippen molar-refractivity contribution < 1.29 is 32.2 Å². The highest BCUT2D eigenvalue weighted by Gasteiger charge is 2.37. The fourth-order valence-electron chi connectivity index (χ4n) is 6.14. The molecule has 0 N–H and O–H groups in total. The topological polar surface area (TPSA) is 106 Å². The number of carbonyl (C=O) groups excluding carboxylic acids is 1. The summed E-state index contributed by atoms with van der Waals surface area (Å²) in [4.78, 5) is 24.1. The molecule has 0 aliphatic heterocycles. The van der Waals surface area contributed by atoms with Gasteiger partial charge in [0.15, 0.2) is 22.4 Å². The number of hydrogen-bond acceptors (Lipinski definition) is 8. The monoisotopic (exact) mass is 753 g/mol. The molecule has 0 aliphatic carbocycles. The van der Waals surface area contributed by atoms with Gasteiger partial charge in [-0.25, -0.2) is 4.79 Å². The lowest BCUT2D eigenvalue weighted by atomic mass is 10.0. The summed E-state index contributed by atoms with van der Waals surface area (Å²) >= 11 is 0. The quantitative estimate of drug-likeness (QED) is 0.0249. The number of nitro groups is 1. The molecule has 0 fully saturated rings. The second-order valence-corrected chi connectivity index (χ2v) is 28.0. The summed E-state index contributed by atoms with van der Waals surface area (Å²) in [6, 6.07) is 20.4. The maximum atomic E-state index is 12.9. The van der Waals surface area contributed by atoms with Crippen LogP contribution in [0.5, 0.6) is 17.2 Å². The van der Waals surface area contributed by atoms with Gasteiger partial charge in [-0.3, -0.25) is 10.1 Å². The van der Waals surface area contributed by atoms with Gasteiger partial charge in [-0.05, 0) is 126 Å². The third-order valence-corrected chi connectivity index (χ3v) is 18.4. The second-order valence-electron chi connectivity index (χ2n) is 15.3. The van der Waals surface area contributed by atoms with Crippen molar-refractivity contribution in [3.63, 3.8) is 0 Å². The number of esters is 1. The summed E-state index contributed by atoms with van der Waals surface area (Å²) in [5, 5.41) is 11.7. The lowest BCUT2D eigenvalue weighted by Crippen LogP contribution is -2.51. The van der Waals surface area contributed by atoms with Crippen molar-refractivity contribution in [2.24, 2.45) is 0 Å². The molecule has 0 heterocycles. The Kier molecular flexibility index (Phi) is 16.1. The van der Waals surface area contributed by atoms with Crippen LogP contribution in [0.1, 0.15) is 75.6 Å². The van der Waals surface area contributed by atoms with Gasteiger partial charge < -0.3 is 22.4 Å². The molecule has 51 heavy (non-hydrogen) atoms. The summed E-state index contributed by atoms with van der Waals surface area (Å²) in [5.41, 5.74) is 2.04. The van der Waals surface area contributed by atoms with Crippen LogP contribution >= 0.6 is 0 Å². The zero-order chi connectivity index (χ0) is 37.7. The molecule has 3 aromatic carbocycles. The lowest BCUT2D eigenvalue weighted by molar-refractivity contribution is -0.386. The predicted molar refractivity (Wildman–Crippen MR) is 213 cm³/mol. The van der Waals surface area contributed by atoms with E-state index in [4.69, 9.17) is 22.4 Å². The normalized spacial score (nSPS) is 12.7. The first-order chi connectivity index (χ1) is 24.0. The number of unbranched alkanes of at least 4 members (excludes halogenated alkanes) is 5. The predicted octanol–water partition coefficient (Wildman–Crippen LogP) is 11.5. The molecule has 0 saturated heterocycles. The molecule has 0 aliphatic rings. The third-order valence-electron chi connectivity index (χ3n) is 8.20. The van der Waals surface area contributed by atoms with E-state index in [1.54, 1.807) is 12.1 Å². The number of rotatable bonds is 22. The van der Waals surface area contributed by atoms with Crippen LogP contribution < -0.4 is 14.2 Å². The Morgan fingerprint density at radius 1 is 0.765 bits per heavy atom. The van der Waals surface area contributed by atoms with Crippen LogP contribution in [0.15, 0.2) is 66.7 Å². The summed E-state index contributed by atoms with van der Waals surface area (Å²) in [5.74, 6) is 0.476. The Morgan fingerprint density at radius 3 is 1.98 bits per heavy atom. The molecular weight excluding hydrogens is 695 g/mol. The highest BCUT2D eigenvalue weighted by molar-refractivity contribution is 6.87. The minimum atomic E-state index is -2.09. The number of nitrogens with zero attached hydrogens (tertiary/aromatic N) is 1. The van der Waals surface area contributed by atoms with Crippen LogP contribution in [-0.2, 0) is 8.23 Å². The van der Waals surface area contributed by atoms with E-state index in [0.29, 0.717) is 12.2 Å². The molecule has 0 amide bonds. The fourth-order valence-corrected chi connectivity index (χ4v) is 19.4. The summed E-state index contributed by atoms with van der Waals surface area (Å²) in [7, 11) is -5.45. The average molecular weight is 754 g/mol. The van der Waals surface area contributed by atoms with Gasteiger partial charge in [0.25, 0.3) is 0 Å². The Morgan fingerprint density at radius 2 is 1.37 bits per heavy atom. The highest BCUT2D eigenvalue weighted by atomic mass is 28.5. The van der Waals surface area contributed by atoms with E-state index in [2.05, 4.69) is 52.8 Å². The van der Waals surface area contributed by atoms with Gasteiger partial charge in [-0.15, -0.1) is 0 Å². The first kappa shape index (κ1) is 42.1. The summed E-state index contributed by atoms with van der Waals surface area (Å²) < 4.78 is 30.3. The van der Waals surface area contributed by atoms with Crippen molar-refractivity contribution in [1.82, 2.24) is 0 Å². The number of carbonyl (C=O) groups is 1. The summed E-state index contributed by atoms with van der Waals surface area (Å²) in [6.45, 7) is 20.4. The summed E-state index contributed by atoms with van der Waals surface area (Å²) in [6.07, 6.45) is 8.29. The Hall–Kier alpha value is -3.30. The van der Waals surface area contributed by atoms with Crippen molar-refractivity contribution >= 4 is 36.9 Å². The van der Waals surface area contributed by atoms with Crippen molar-refractivity contribution in [3.8, 4) is 28.4 Å². The smallest absolute Gasteiger partial charge is 0.343 e. The number of benzene rings is 3. The van der Waals surface area contributed by atoms with Crippen LogP contribution in [0.3, 0.4) is 0 Å². The van der Waals surface area contributed by atoms with Crippen LogP contribution in [-0.4, -0.2) is 48.8 Å².